The third-order valence-corrected chi connectivity index (χ3v) is 6.55. The van der Waals surface area contributed by atoms with Crippen molar-refractivity contribution in [2.45, 2.75) is 32.9 Å². The molecule has 0 saturated carbocycles. The van der Waals surface area contributed by atoms with Gasteiger partial charge in [0.15, 0.2) is 5.78 Å². The zero-order chi connectivity index (χ0) is 26.1. The van der Waals surface area contributed by atoms with E-state index in [-0.39, 0.29) is 47.2 Å². The molecule has 0 radical (unpaired) electrons. The Kier molecular flexibility index (Phi) is 6.70. The molecule has 1 fully saturated rings. The van der Waals surface area contributed by atoms with Gasteiger partial charge in [-0.3, -0.25) is 19.7 Å². The number of esters is 2. The van der Waals surface area contributed by atoms with Crippen LogP contribution in [0.3, 0.4) is 0 Å². The lowest BCUT2D eigenvalue weighted by atomic mass is 9.72. The highest BCUT2D eigenvalue weighted by Crippen LogP contribution is 2.49. The molecule has 2 aliphatic heterocycles. The van der Waals surface area contributed by atoms with Crippen LogP contribution in [0.5, 0.6) is 0 Å². The third kappa shape index (κ3) is 4.37. The number of β-lactam (4-membered cyclic amide) rings is 1. The Labute approximate surface area is 203 Å². The summed E-state index contributed by atoms with van der Waals surface area (Å²) >= 11 is 0. The second-order valence-electron chi connectivity index (χ2n) is 8.75. The lowest BCUT2D eigenvalue weighted by molar-refractivity contribution is -0.384. The predicted octanol–water partition coefficient (Wildman–Crippen LogP) is 0.283. The molecular weight excluding hydrogens is 476 g/mol. The first kappa shape index (κ1) is 24.8. The Balaban J connectivity index is 1.45. The van der Waals surface area contributed by atoms with E-state index in [1.54, 1.807) is 13.8 Å². The van der Waals surface area contributed by atoms with Gasteiger partial charge in [0.25, 0.3) is 5.69 Å². The highest BCUT2D eigenvalue weighted by Gasteiger charge is 2.60. The standard InChI is InChI=1S/C22H22N6O8/c1-11(7-15(30)8-26-10-23-24-25-26)17-18-12(2)16(9-29)19(27(18)20(17)31)22(33)36-21(32)13-3-5-14(6-4-13)28(34)35/h3-6,10-12,17-18,29H,7-9H2,1-2H3/t11?,12-,17+,18+/m0/s1. The normalized spacial score (nSPS) is 21.6. The summed E-state index contributed by atoms with van der Waals surface area (Å²) in [5, 5.41) is 31.3. The molecule has 1 aromatic heterocycles. The number of hydrogen-bond donors (Lipinski definition) is 1. The number of nitro groups is 1. The van der Waals surface area contributed by atoms with Crippen LogP contribution < -0.4 is 0 Å². The maximum Gasteiger partial charge on any atom is 0.362 e. The molecule has 3 heterocycles. The fourth-order valence-corrected chi connectivity index (χ4v) is 4.83. The van der Waals surface area contributed by atoms with Crippen molar-refractivity contribution in [1.29, 1.82) is 0 Å². The van der Waals surface area contributed by atoms with Gasteiger partial charge in [0.2, 0.25) is 5.91 Å². The quantitative estimate of drug-likeness (QED) is 0.164. The largest absolute Gasteiger partial charge is 0.392 e. The maximum absolute atomic E-state index is 13.1. The molecule has 14 heteroatoms. The molecule has 188 valence electrons. The van der Waals surface area contributed by atoms with Crippen LogP contribution >= 0.6 is 0 Å². The number of aliphatic hydroxyl groups excluding tert-OH is 1. The minimum absolute atomic E-state index is 0.0370. The second kappa shape index (κ2) is 9.73. The number of rotatable bonds is 9. The number of carbonyl (C=O) groups is 4. The van der Waals surface area contributed by atoms with Crippen LogP contribution in [0.2, 0.25) is 0 Å². The molecule has 36 heavy (non-hydrogen) atoms. The summed E-state index contributed by atoms with van der Waals surface area (Å²) < 4.78 is 6.22. The van der Waals surface area contributed by atoms with Gasteiger partial charge in [-0.1, -0.05) is 13.8 Å². The SMILES string of the molecule is CC(CC(=O)Cn1cnnn1)[C@H]1C(=O)N2C(C(=O)OC(=O)c3ccc([N+](=O)[O-])cc3)=C(CO)[C@H](C)[C@H]12. The first-order valence-electron chi connectivity index (χ1n) is 11.0. The van der Waals surface area contributed by atoms with Crippen molar-refractivity contribution in [3.8, 4) is 0 Å². The minimum atomic E-state index is -1.11. The van der Waals surface area contributed by atoms with Gasteiger partial charge in [0, 0.05) is 24.5 Å². The van der Waals surface area contributed by atoms with Gasteiger partial charge in [-0.25, -0.2) is 14.3 Å². The van der Waals surface area contributed by atoms with Crippen molar-refractivity contribution < 1.29 is 33.9 Å². The van der Waals surface area contributed by atoms with Crippen LogP contribution in [0.1, 0.15) is 30.6 Å². The van der Waals surface area contributed by atoms with Crippen LogP contribution in [0.15, 0.2) is 41.9 Å². The molecule has 1 unspecified atom stereocenters. The zero-order valence-electron chi connectivity index (χ0n) is 19.3. The van der Waals surface area contributed by atoms with Gasteiger partial charge >= 0.3 is 11.9 Å². The van der Waals surface area contributed by atoms with E-state index in [2.05, 4.69) is 15.5 Å². The van der Waals surface area contributed by atoms with Crippen LogP contribution in [-0.2, 0) is 25.7 Å². The van der Waals surface area contributed by atoms with Crippen LogP contribution in [-0.4, -0.2) is 71.4 Å². The Morgan fingerprint density at radius 3 is 2.50 bits per heavy atom. The Morgan fingerprint density at radius 2 is 1.92 bits per heavy atom. The minimum Gasteiger partial charge on any atom is -0.392 e. The number of ketones is 1. The number of amides is 1. The number of carbonyl (C=O) groups excluding carboxylic acids is 4. The van der Waals surface area contributed by atoms with Crippen molar-refractivity contribution in [2.75, 3.05) is 6.61 Å². The lowest BCUT2D eigenvalue weighted by Gasteiger charge is -2.48. The number of Topliss-reactive ketones (excluding diaryl/α,β-unsaturated/α-hetero) is 1. The first-order chi connectivity index (χ1) is 17.1. The summed E-state index contributed by atoms with van der Waals surface area (Å²) in [6, 6.07) is 4.01. The molecule has 1 aromatic carbocycles. The van der Waals surface area contributed by atoms with E-state index >= 15 is 0 Å². The van der Waals surface area contributed by atoms with Crippen molar-refractivity contribution in [1.82, 2.24) is 25.1 Å². The summed E-state index contributed by atoms with van der Waals surface area (Å²) in [4.78, 5) is 62.2. The molecule has 1 amide bonds. The number of aromatic nitrogens is 4. The topological polar surface area (TPSA) is 188 Å². The number of nitrogens with zero attached hydrogens (tertiary/aromatic N) is 6. The summed E-state index contributed by atoms with van der Waals surface area (Å²) in [7, 11) is 0. The Bertz CT molecular complexity index is 1260. The number of non-ortho nitro benzene ring substituents is 1. The molecule has 14 nitrogen and oxygen atoms in total. The molecule has 1 N–H and O–H groups in total. The van der Waals surface area contributed by atoms with Gasteiger partial charge in [-0.2, -0.15) is 0 Å². The molecule has 4 atom stereocenters. The highest BCUT2D eigenvalue weighted by molar-refractivity contribution is 6.06. The first-order valence-corrected chi connectivity index (χ1v) is 11.0. The van der Waals surface area contributed by atoms with Gasteiger partial charge in [-0.05, 0) is 34.1 Å². The molecule has 0 aliphatic carbocycles. The van der Waals surface area contributed by atoms with E-state index in [0.29, 0.717) is 0 Å². The van der Waals surface area contributed by atoms with Crippen molar-refractivity contribution in [2.24, 2.45) is 17.8 Å². The number of hydrogen-bond acceptors (Lipinski definition) is 11. The van der Waals surface area contributed by atoms with Crippen LogP contribution in [0.25, 0.3) is 0 Å². The Hall–Kier alpha value is -4.33. The smallest absolute Gasteiger partial charge is 0.362 e. The fourth-order valence-electron chi connectivity index (χ4n) is 4.83. The third-order valence-electron chi connectivity index (χ3n) is 6.55. The van der Waals surface area contributed by atoms with E-state index in [1.165, 1.54) is 15.9 Å². The number of benzene rings is 1. The molecule has 0 spiro atoms. The van der Waals surface area contributed by atoms with E-state index in [1.807, 2.05) is 0 Å². The number of tetrazole rings is 1. The van der Waals surface area contributed by atoms with Crippen LogP contribution in [0, 0.1) is 27.9 Å². The fraction of sp³-hybridized carbons (Fsp3) is 0.409. The molecule has 2 aromatic rings. The number of ether oxygens (including phenoxy) is 1. The second-order valence-corrected chi connectivity index (χ2v) is 8.75. The molecule has 2 aliphatic rings. The average molecular weight is 498 g/mol. The van der Waals surface area contributed by atoms with Crippen molar-refractivity contribution in [3.63, 3.8) is 0 Å². The molecule has 4 rings (SSSR count). The summed E-state index contributed by atoms with van der Waals surface area (Å²) in [6.07, 6.45) is 1.39. The van der Waals surface area contributed by atoms with E-state index in [9.17, 15) is 34.4 Å². The molecule has 0 bridgehead atoms. The zero-order valence-corrected chi connectivity index (χ0v) is 19.3. The van der Waals surface area contributed by atoms with Crippen LogP contribution in [0.4, 0.5) is 5.69 Å². The number of aliphatic hydroxyl groups is 1. The Morgan fingerprint density at radius 1 is 1.22 bits per heavy atom. The van der Waals surface area contributed by atoms with Gasteiger partial charge in [0.05, 0.1) is 29.1 Å². The lowest BCUT2D eigenvalue weighted by Crippen LogP contribution is -2.62. The summed E-state index contributed by atoms with van der Waals surface area (Å²) in [5.41, 5.74) is -0.271. The van der Waals surface area contributed by atoms with E-state index in [4.69, 9.17) is 4.74 Å². The van der Waals surface area contributed by atoms with Gasteiger partial charge < -0.3 is 14.7 Å². The van der Waals surface area contributed by atoms with Crippen molar-refractivity contribution in [3.05, 3.63) is 57.5 Å². The average Bonchev–Trinajstić information content (AvgIpc) is 3.42. The number of fused-ring (bicyclic) bond motifs is 1. The van der Waals surface area contributed by atoms with Gasteiger partial charge in [0.1, 0.15) is 18.6 Å². The summed E-state index contributed by atoms with van der Waals surface area (Å²) in [6.45, 7) is 2.94. The van der Waals surface area contributed by atoms with E-state index < -0.39 is 47.3 Å². The number of nitro benzene ring substituents is 1. The highest BCUT2D eigenvalue weighted by atomic mass is 16.6. The molecule has 1 saturated heterocycles. The monoisotopic (exact) mass is 498 g/mol. The van der Waals surface area contributed by atoms with Crippen molar-refractivity contribution >= 4 is 29.3 Å². The van der Waals surface area contributed by atoms with Gasteiger partial charge in [-0.15, -0.1) is 5.10 Å². The van der Waals surface area contributed by atoms with E-state index in [0.717, 1.165) is 24.3 Å². The predicted molar refractivity (Wildman–Crippen MR) is 118 cm³/mol. The summed E-state index contributed by atoms with van der Waals surface area (Å²) in [5.74, 6) is -4.08. The molecular formula is C22H22N6O8. The maximum atomic E-state index is 13.1.